The van der Waals surface area contributed by atoms with Gasteiger partial charge in [0.25, 0.3) is 0 Å². The zero-order valence-electron chi connectivity index (χ0n) is 13.3. The van der Waals surface area contributed by atoms with Crippen LogP contribution in [0.15, 0.2) is 0 Å². The van der Waals surface area contributed by atoms with E-state index in [1.807, 2.05) is 6.92 Å². The molecule has 1 aliphatic rings. The van der Waals surface area contributed by atoms with Crippen molar-refractivity contribution in [1.29, 1.82) is 0 Å². The lowest BCUT2D eigenvalue weighted by atomic mass is 9.87. The van der Waals surface area contributed by atoms with Gasteiger partial charge in [0.1, 0.15) is 0 Å². The summed E-state index contributed by atoms with van der Waals surface area (Å²) in [5, 5.41) is 10.1. The number of hydrogen-bond acceptors (Lipinski definition) is 3. The van der Waals surface area contributed by atoms with Crippen LogP contribution in [-0.2, 0) is 9.53 Å². The van der Waals surface area contributed by atoms with Crippen LogP contribution in [-0.4, -0.2) is 23.8 Å². The maximum absolute atomic E-state index is 11.6. The zero-order valence-corrected chi connectivity index (χ0v) is 13.3. The third kappa shape index (κ3) is 6.25. The first-order chi connectivity index (χ1) is 9.69. The Morgan fingerprint density at radius 3 is 2.50 bits per heavy atom. The highest BCUT2D eigenvalue weighted by atomic mass is 16.5. The Bertz CT molecular complexity index is 265. The van der Waals surface area contributed by atoms with Gasteiger partial charge in [-0.05, 0) is 38.0 Å². The summed E-state index contributed by atoms with van der Waals surface area (Å²) < 4.78 is 5.04. The topological polar surface area (TPSA) is 46.5 Å². The summed E-state index contributed by atoms with van der Waals surface area (Å²) in [6, 6.07) is 0. The normalized spacial score (nSPS) is 25.9. The second-order valence-electron chi connectivity index (χ2n) is 6.13. The van der Waals surface area contributed by atoms with E-state index in [0.29, 0.717) is 24.9 Å². The second-order valence-corrected chi connectivity index (χ2v) is 6.13. The third-order valence-corrected chi connectivity index (χ3v) is 4.56. The SMILES string of the molecule is CCCCCCCCC1C(O)CCC1CC(=O)OCC. The van der Waals surface area contributed by atoms with Gasteiger partial charge in [-0.25, -0.2) is 0 Å². The highest BCUT2D eigenvalue weighted by Gasteiger charge is 2.35. The fourth-order valence-electron chi connectivity index (χ4n) is 3.40. The van der Waals surface area contributed by atoms with Gasteiger partial charge in [0.15, 0.2) is 0 Å². The number of carbonyl (C=O) groups excluding carboxylic acids is 1. The maximum atomic E-state index is 11.6. The van der Waals surface area contributed by atoms with Gasteiger partial charge in [-0.15, -0.1) is 0 Å². The highest BCUT2D eigenvalue weighted by Crippen LogP contribution is 2.38. The molecule has 3 unspecified atom stereocenters. The van der Waals surface area contributed by atoms with Gasteiger partial charge in [0.2, 0.25) is 0 Å². The van der Waals surface area contributed by atoms with Crippen molar-refractivity contribution in [2.24, 2.45) is 11.8 Å². The van der Waals surface area contributed by atoms with E-state index in [1.165, 1.54) is 38.5 Å². The monoisotopic (exact) mass is 284 g/mol. The molecule has 1 N–H and O–H groups in total. The summed E-state index contributed by atoms with van der Waals surface area (Å²) in [5.41, 5.74) is 0. The molecule has 0 bridgehead atoms. The van der Waals surface area contributed by atoms with Gasteiger partial charge >= 0.3 is 5.97 Å². The molecule has 0 saturated heterocycles. The number of aliphatic hydroxyl groups excluding tert-OH is 1. The Morgan fingerprint density at radius 1 is 1.10 bits per heavy atom. The van der Waals surface area contributed by atoms with Crippen LogP contribution in [0, 0.1) is 11.8 Å². The van der Waals surface area contributed by atoms with Crippen LogP contribution in [0.1, 0.15) is 78.1 Å². The lowest BCUT2D eigenvalue weighted by Crippen LogP contribution is -2.22. The summed E-state index contributed by atoms with van der Waals surface area (Å²) in [5.74, 6) is 0.546. The van der Waals surface area contributed by atoms with Gasteiger partial charge in [0.05, 0.1) is 12.7 Å². The van der Waals surface area contributed by atoms with Gasteiger partial charge < -0.3 is 9.84 Å². The molecule has 118 valence electrons. The van der Waals surface area contributed by atoms with Crippen molar-refractivity contribution >= 4 is 5.97 Å². The molecule has 1 saturated carbocycles. The van der Waals surface area contributed by atoms with Crippen LogP contribution in [0.5, 0.6) is 0 Å². The fourth-order valence-corrected chi connectivity index (χ4v) is 3.40. The van der Waals surface area contributed by atoms with Crippen molar-refractivity contribution in [3.63, 3.8) is 0 Å². The average molecular weight is 284 g/mol. The predicted octanol–water partition coefficient (Wildman–Crippen LogP) is 4.08. The summed E-state index contributed by atoms with van der Waals surface area (Å²) in [6.45, 7) is 4.53. The lowest BCUT2D eigenvalue weighted by molar-refractivity contribution is -0.144. The Morgan fingerprint density at radius 2 is 1.80 bits per heavy atom. The first-order valence-corrected chi connectivity index (χ1v) is 8.52. The maximum Gasteiger partial charge on any atom is 0.306 e. The number of hydrogen-bond donors (Lipinski definition) is 1. The molecule has 0 amide bonds. The van der Waals surface area contributed by atoms with E-state index in [-0.39, 0.29) is 12.1 Å². The van der Waals surface area contributed by atoms with Crippen LogP contribution in [0.3, 0.4) is 0 Å². The van der Waals surface area contributed by atoms with Crippen LogP contribution >= 0.6 is 0 Å². The van der Waals surface area contributed by atoms with Crippen molar-refractivity contribution in [3.05, 3.63) is 0 Å². The van der Waals surface area contributed by atoms with Crippen LogP contribution in [0.25, 0.3) is 0 Å². The molecule has 0 aromatic rings. The molecule has 0 aromatic carbocycles. The van der Waals surface area contributed by atoms with Gasteiger partial charge in [0, 0.05) is 6.42 Å². The summed E-state index contributed by atoms with van der Waals surface area (Å²) in [6.07, 6.45) is 10.9. The van der Waals surface area contributed by atoms with E-state index < -0.39 is 0 Å². The Hall–Kier alpha value is -0.570. The molecular weight excluding hydrogens is 252 g/mol. The van der Waals surface area contributed by atoms with Crippen LogP contribution in [0.2, 0.25) is 0 Å². The Balaban J connectivity index is 2.24. The van der Waals surface area contributed by atoms with E-state index in [9.17, 15) is 9.90 Å². The van der Waals surface area contributed by atoms with Gasteiger partial charge in [-0.2, -0.15) is 0 Å². The van der Waals surface area contributed by atoms with E-state index in [4.69, 9.17) is 4.74 Å². The number of esters is 1. The second kappa shape index (κ2) is 10.2. The molecule has 0 heterocycles. The van der Waals surface area contributed by atoms with Crippen molar-refractivity contribution < 1.29 is 14.6 Å². The van der Waals surface area contributed by atoms with Gasteiger partial charge in [-0.1, -0.05) is 45.4 Å². The fraction of sp³-hybridized carbons (Fsp3) is 0.941. The molecule has 0 aromatic heterocycles. The van der Waals surface area contributed by atoms with Crippen molar-refractivity contribution in [2.75, 3.05) is 6.61 Å². The number of ether oxygens (including phenoxy) is 1. The summed E-state index contributed by atoms with van der Waals surface area (Å²) >= 11 is 0. The van der Waals surface area contributed by atoms with Gasteiger partial charge in [-0.3, -0.25) is 4.79 Å². The summed E-state index contributed by atoms with van der Waals surface area (Å²) in [4.78, 5) is 11.6. The first kappa shape index (κ1) is 17.5. The Kier molecular flexibility index (Phi) is 8.92. The lowest BCUT2D eigenvalue weighted by Gasteiger charge is -2.21. The Labute approximate surface area is 124 Å². The average Bonchev–Trinajstić information content (AvgIpc) is 2.75. The minimum atomic E-state index is -0.204. The largest absolute Gasteiger partial charge is 0.466 e. The number of carbonyl (C=O) groups is 1. The van der Waals surface area contributed by atoms with E-state index >= 15 is 0 Å². The molecule has 0 radical (unpaired) electrons. The quantitative estimate of drug-likeness (QED) is 0.486. The van der Waals surface area contributed by atoms with Crippen LogP contribution < -0.4 is 0 Å². The highest BCUT2D eigenvalue weighted by molar-refractivity contribution is 5.69. The minimum Gasteiger partial charge on any atom is -0.466 e. The molecule has 1 aliphatic carbocycles. The van der Waals surface area contributed by atoms with Crippen molar-refractivity contribution in [2.45, 2.75) is 84.2 Å². The molecular formula is C17H32O3. The number of unbranched alkanes of at least 4 members (excludes halogenated alkanes) is 5. The molecule has 1 rings (SSSR count). The molecule has 3 atom stereocenters. The summed E-state index contributed by atoms with van der Waals surface area (Å²) in [7, 11) is 0. The number of aliphatic hydroxyl groups is 1. The van der Waals surface area contributed by atoms with Crippen molar-refractivity contribution in [1.82, 2.24) is 0 Å². The van der Waals surface area contributed by atoms with Crippen LogP contribution in [0.4, 0.5) is 0 Å². The predicted molar refractivity (Wildman–Crippen MR) is 81.5 cm³/mol. The standard InChI is InChI=1S/C17H32O3/c1-3-5-6-7-8-9-10-15-14(11-12-16(15)18)13-17(19)20-4-2/h14-16,18H,3-13H2,1-2H3. The third-order valence-electron chi connectivity index (χ3n) is 4.56. The molecule has 3 heteroatoms. The zero-order chi connectivity index (χ0) is 14.8. The van der Waals surface area contributed by atoms with E-state index in [2.05, 4.69) is 6.92 Å². The molecule has 0 spiro atoms. The molecule has 20 heavy (non-hydrogen) atoms. The number of rotatable bonds is 10. The van der Waals surface area contributed by atoms with Crippen molar-refractivity contribution in [3.8, 4) is 0 Å². The molecule has 0 aliphatic heterocycles. The molecule has 1 fully saturated rings. The first-order valence-electron chi connectivity index (χ1n) is 8.52. The minimum absolute atomic E-state index is 0.0976. The smallest absolute Gasteiger partial charge is 0.306 e. The molecule has 3 nitrogen and oxygen atoms in total. The van der Waals surface area contributed by atoms with E-state index in [0.717, 1.165) is 19.3 Å². The van der Waals surface area contributed by atoms with E-state index in [1.54, 1.807) is 0 Å².